The third-order valence-corrected chi connectivity index (χ3v) is 6.78. The highest BCUT2D eigenvalue weighted by molar-refractivity contribution is 6.36. The molecular formula is C27H33ClN4O3. The van der Waals surface area contributed by atoms with Crippen LogP contribution in [0.5, 0.6) is 5.75 Å². The minimum atomic E-state index is -0.332. The number of nitrogens with one attached hydrogen (secondary N) is 2. The molecule has 1 aromatic carbocycles. The first-order valence-electron chi connectivity index (χ1n) is 11.7. The van der Waals surface area contributed by atoms with Gasteiger partial charge in [0.25, 0.3) is 11.8 Å². The Labute approximate surface area is 212 Å². The molecule has 7 nitrogen and oxygen atoms in total. The number of benzene rings is 1. The maximum Gasteiger partial charge on any atom is 0.259 e. The van der Waals surface area contributed by atoms with Crippen LogP contribution in [0.1, 0.15) is 58.6 Å². The van der Waals surface area contributed by atoms with Crippen LogP contribution in [0.3, 0.4) is 0 Å². The van der Waals surface area contributed by atoms with Crippen LogP contribution in [0.25, 0.3) is 11.6 Å². The number of ether oxygens (including phenoxy) is 1. The van der Waals surface area contributed by atoms with Crippen molar-refractivity contribution in [3.63, 3.8) is 0 Å². The van der Waals surface area contributed by atoms with Gasteiger partial charge in [0.05, 0.1) is 30.5 Å². The highest BCUT2D eigenvalue weighted by atomic mass is 35.5. The number of amides is 2. The van der Waals surface area contributed by atoms with E-state index in [0.29, 0.717) is 29.3 Å². The number of anilines is 1. The van der Waals surface area contributed by atoms with Gasteiger partial charge in [0.1, 0.15) is 5.75 Å². The van der Waals surface area contributed by atoms with Crippen LogP contribution in [-0.2, 0) is 4.79 Å². The van der Waals surface area contributed by atoms with Gasteiger partial charge in [-0.05, 0) is 75.3 Å². The van der Waals surface area contributed by atoms with Crippen LogP contribution in [0.15, 0.2) is 18.2 Å². The molecule has 1 fully saturated rings. The van der Waals surface area contributed by atoms with Crippen LogP contribution >= 0.6 is 12.4 Å². The molecule has 1 saturated carbocycles. The van der Waals surface area contributed by atoms with Crippen molar-refractivity contribution in [3.8, 4) is 18.1 Å². The fourth-order valence-corrected chi connectivity index (χ4v) is 4.94. The number of fused-ring (bicyclic) bond motifs is 1. The van der Waals surface area contributed by atoms with Crippen molar-refractivity contribution in [2.24, 2.45) is 11.7 Å². The van der Waals surface area contributed by atoms with Gasteiger partial charge in [-0.1, -0.05) is 5.92 Å². The van der Waals surface area contributed by atoms with Crippen molar-refractivity contribution in [1.29, 1.82) is 0 Å². The summed E-state index contributed by atoms with van der Waals surface area (Å²) in [6, 6.07) is 5.82. The van der Waals surface area contributed by atoms with Crippen LogP contribution in [0, 0.1) is 32.1 Å². The fourth-order valence-electron chi connectivity index (χ4n) is 4.94. The number of nitrogens with zero attached hydrogens (tertiary/aromatic N) is 1. The molecule has 0 unspecified atom stereocenters. The van der Waals surface area contributed by atoms with Gasteiger partial charge < -0.3 is 25.7 Å². The summed E-state index contributed by atoms with van der Waals surface area (Å²) in [7, 11) is 1.52. The standard InChI is InChI=1S/C27H32N4O3.ClH/c1-5-10-29-26(32)22-13-24-20(14-25(22)34-4)21(12-23-16(2)11-17(3)30-23)27(33)31(24)15-18-6-8-19(28)9-7-18;/h1,11-14,18-19,30H,6-10,15,28H2,2-4H3,(H,29,32);1H/b21-12-;. The Morgan fingerprint density at radius 3 is 2.60 bits per heavy atom. The number of halogens is 1. The molecule has 186 valence electrons. The number of nitrogens with two attached hydrogens (primary N) is 1. The van der Waals surface area contributed by atoms with E-state index in [1.165, 1.54) is 7.11 Å². The Kier molecular flexibility index (Phi) is 8.31. The van der Waals surface area contributed by atoms with Gasteiger partial charge >= 0.3 is 0 Å². The van der Waals surface area contributed by atoms with Crippen molar-refractivity contribution in [2.75, 3.05) is 25.1 Å². The second-order valence-electron chi connectivity index (χ2n) is 9.26. The summed E-state index contributed by atoms with van der Waals surface area (Å²) in [5.41, 5.74) is 11.5. The van der Waals surface area contributed by atoms with Gasteiger partial charge in [0.2, 0.25) is 0 Å². The third kappa shape index (κ3) is 5.39. The number of rotatable bonds is 6. The highest BCUT2D eigenvalue weighted by Crippen LogP contribution is 2.43. The van der Waals surface area contributed by atoms with E-state index in [1.54, 1.807) is 12.1 Å². The predicted molar refractivity (Wildman–Crippen MR) is 142 cm³/mol. The average molecular weight is 497 g/mol. The van der Waals surface area contributed by atoms with E-state index in [2.05, 4.69) is 22.3 Å². The molecule has 1 aliphatic carbocycles. The SMILES string of the molecule is C#CCNC(=O)c1cc2c(cc1OC)/C(=C/c1[nH]c(C)cc1C)C(=O)N2CC1CCC(N)CC1.Cl. The number of aromatic amines is 1. The number of aryl methyl sites for hydroxylation is 2. The van der Waals surface area contributed by atoms with Crippen molar-refractivity contribution >= 4 is 41.6 Å². The van der Waals surface area contributed by atoms with Gasteiger partial charge in [-0.25, -0.2) is 0 Å². The van der Waals surface area contributed by atoms with Crippen molar-refractivity contribution in [1.82, 2.24) is 10.3 Å². The lowest BCUT2D eigenvalue weighted by atomic mass is 9.86. The normalized spacial score (nSPS) is 20.3. The van der Waals surface area contributed by atoms with E-state index in [9.17, 15) is 9.59 Å². The van der Waals surface area contributed by atoms with Crippen LogP contribution < -0.4 is 20.7 Å². The molecule has 35 heavy (non-hydrogen) atoms. The molecule has 0 spiro atoms. The maximum absolute atomic E-state index is 13.7. The maximum atomic E-state index is 13.7. The van der Waals surface area contributed by atoms with E-state index >= 15 is 0 Å². The number of aromatic nitrogens is 1. The van der Waals surface area contributed by atoms with Crippen molar-refractivity contribution in [3.05, 3.63) is 46.3 Å². The molecule has 2 aromatic rings. The monoisotopic (exact) mass is 496 g/mol. The Hall–Kier alpha value is -3.21. The lowest BCUT2D eigenvalue weighted by molar-refractivity contribution is -0.113. The molecule has 0 atom stereocenters. The summed E-state index contributed by atoms with van der Waals surface area (Å²) < 4.78 is 5.54. The van der Waals surface area contributed by atoms with Crippen LogP contribution in [0.2, 0.25) is 0 Å². The molecule has 0 bridgehead atoms. The van der Waals surface area contributed by atoms with Crippen molar-refractivity contribution in [2.45, 2.75) is 45.6 Å². The molecule has 2 amide bonds. The lowest BCUT2D eigenvalue weighted by Gasteiger charge is -2.30. The lowest BCUT2D eigenvalue weighted by Crippen LogP contribution is -2.36. The number of H-pyrrole nitrogens is 1. The third-order valence-electron chi connectivity index (χ3n) is 6.78. The second kappa shape index (κ2) is 11.0. The van der Waals surface area contributed by atoms with E-state index < -0.39 is 0 Å². The highest BCUT2D eigenvalue weighted by Gasteiger charge is 2.36. The number of methoxy groups -OCH3 is 1. The first-order valence-corrected chi connectivity index (χ1v) is 11.7. The Bertz CT molecular complexity index is 1190. The molecule has 4 rings (SSSR count). The summed E-state index contributed by atoms with van der Waals surface area (Å²) in [5, 5.41) is 2.70. The summed E-state index contributed by atoms with van der Waals surface area (Å²) in [6.45, 7) is 4.71. The number of terminal acetylenes is 1. The topological polar surface area (TPSA) is 100 Å². The molecule has 0 saturated heterocycles. The zero-order valence-electron chi connectivity index (χ0n) is 20.4. The quantitative estimate of drug-likeness (QED) is 0.418. The second-order valence-corrected chi connectivity index (χ2v) is 9.26. The molecule has 2 aliphatic rings. The molecule has 2 heterocycles. The predicted octanol–water partition coefficient (Wildman–Crippen LogP) is 3.83. The van der Waals surface area contributed by atoms with Gasteiger partial charge in [0.15, 0.2) is 0 Å². The summed E-state index contributed by atoms with van der Waals surface area (Å²) in [4.78, 5) is 31.7. The van der Waals surface area contributed by atoms with Crippen molar-refractivity contribution < 1.29 is 14.3 Å². The number of carbonyl (C=O) groups is 2. The zero-order chi connectivity index (χ0) is 24.4. The van der Waals surface area contributed by atoms with Gasteiger partial charge in [0, 0.05) is 29.5 Å². The van der Waals surface area contributed by atoms with E-state index in [4.69, 9.17) is 16.9 Å². The Morgan fingerprint density at radius 1 is 1.29 bits per heavy atom. The van der Waals surface area contributed by atoms with E-state index in [-0.39, 0.29) is 36.8 Å². The Balaban J connectivity index is 0.00000342. The minimum absolute atomic E-state index is 0. The Morgan fingerprint density at radius 2 is 2.00 bits per heavy atom. The molecule has 4 N–H and O–H groups in total. The first-order chi connectivity index (χ1) is 16.3. The fraction of sp³-hybridized carbons (Fsp3) is 0.407. The van der Waals surface area contributed by atoms with Crippen LogP contribution in [0.4, 0.5) is 5.69 Å². The summed E-state index contributed by atoms with van der Waals surface area (Å²) in [6.07, 6.45) is 11.1. The summed E-state index contributed by atoms with van der Waals surface area (Å²) in [5.74, 6) is 2.78. The average Bonchev–Trinajstić information content (AvgIpc) is 3.27. The van der Waals surface area contributed by atoms with Crippen LogP contribution in [-0.4, -0.2) is 43.0 Å². The van der Waals surface area contributed by atoms with Gasteiger partial charge in [-0.3, -0.25) is 9.59 Å². The summed E-state index contributed by atoms with van der Waals surface area (Å²) >= 11 is 0. The molecule has 0 radical (unpaired) electrons. The number of hydrogen-bond acceptors (Lipinski definition) is 4. The molecular weight excluding hydrogens is 464 g/mol. The van der Waals surface area contributed by atoms with E-state index in [1.807, 2.05) is 24.8 Å². The molecule has 1 aliphatic heterocycles. The molecule has 1 aromatic heterocycles. The van der Waals surface area contributed by atoms with E-state index in [0.717, 1.165) is 53.9 Å². The number of carbonyl (C=O) groups excluding carboxylic acids is 2. The van der Waals surface area contributed by atoms with Gasteiger partial charge in [-0.15, -0.1) is 18.8 Å². The van der Waals surface area contributed by atoms with Gasteiger partial charge in [-0.2, -0.15) is 0 Å². The number of hydrogen-bond donors (Lipinski definition) is 3. The minimum Gasteiger partial charge on any atom is -0.496 e. The molecule has 8 heteroatoms. The zero-order valence-corrected chi connectivity index (χ0v) is 21.3. The smallest absolute Gasteiger partial charge is 0.259 e. The first kappa shape index (κ1) is 26.4. The largest absolute Gasteiger partial charge is 0.496 e.